The molecule has 4 nitrogen and oxygen atoms in total. The van der Waals surface area contributed by atoms with Crippen LogP contribution in [0.25, 0.3) is 4.85 Å². The van der Waals surface area contributed by atoms with Gasteiger partial charge in [-0.05, 0) is 24.3 Å². The van der Waals surface area contributed by atoms with Crippen LogP contribution in [0.1, 0.15) is 13.8 Å². The molecule has 0 aliphatic rings. The quantitative estimate of drug-likeness (QED) is 0.540. The minimum atomic E-state index is -3.68. The highest BCUT2D eigenvalue weighted by atomic mass is 31.2. The van der Waals surface area contributed by atoms with Gasteiger partial charge in [-0.2, -0.15) is 0 Å². The van der Waals surface area contributed by atoms with E-state index in [2.05, 4.69) is 4.85 Å². The first-order valence-corrected chi connectivity index (χ1v) is 8.62. The summed E-state index contributed by atoms with van der Waals surface area (Å²) < 4.78 is 24.5. The van der Waals surface area contributed by atoms with Gasteiger partial charge in [0.2, 0.25) is 0 Å². The van der Waals surface area contributed by atoms with E-state index in [0.29, 0.717) is 11.5 Å². The molecule has 0 amide bonds. The largest absolute Gasteiger partial charge is 0.513 e. The van der Waals surface area contributed by atoms with Crippen molar-refractivity contribution < 1.29 is 13.6 Å². The summed E-state index contributed by atoms with van der Waals surface area (Å²) in [5.74, 6) is -0.171. The van der Waals surface area contributed by atoms with Gasteiger partial charge in [0.05, 0.1) is 0 Å². The molecule has 22 heavy (non-hydrogen) atoms. The SMILES string of the molecule is [C-]#[N+]C(C(C)C)P(=O)(Oc1ccccc1)Oc1ccccc1. The Hall–Kier alpha value is -2.24. The lowest BCUT2D eigenvalue weighted by molar-refractivity contribution is 0.366. The van der Waals surface area contributed by atoms with E-state index in [0.717, 1.165) is 0 Å². The Morgan fingerprint density at radius 2 is 1.32 bits per heavy atom. The Morgan fingerprint density at radius 3 is 1.64 bits per heavy atom. The van der Waals surface area contributed by atoms with Crippen LogP contribution in [0.15, 0.2) is 60.7 Å². The van der Waals surface area contributed by atoms with Crippen molar-refractivity contribution in [3.05, 3.63) is 72.1 Å². The van der Waals surface area contributed by atoms with Crippen molar-refractivity contribution in [1.82, 2.24) is 0 Å². The summed E-state index contributed by atoms with van der Waals surface area (Å²) in [6.45, 7) is 11.0. The van der Waals surface area contributed by atoms with Gasteiger partial charge >= 0.3 is 13.4 Å². The minimum absolute atomic E-state index is 0.157. The second-order valence-corrected chi connectivity index (χ2v) is 7.11. The summed E-state index contributed by atoms with van der Waals surface area (Å²) in [5, 5.41) is 0. The van der Waals surface area contributed by atoms with Crippen LogP contribution in [0.5, 0.6) is 11.5 Å². The van der Waals surface area contributed by atoms with Gasteiger partial charge in [-0.25, -0.2) is 11.1 Å². The van der Waals surface area contributed by atoms with Gasteiger partial charge in [-0.3, -0.25) is 4.85 Å². The Balaban J connectivity index is 2.36. The van der Waals surface area contributed by atoms with Gasteiger partial charge in [0, 0.05) is 5.92 Å². The van der Waals surface area contributed by atoms with E-state index in [1.165, 1.54) is 0 Å². The number of para-hydroxylation sites is 2. The zero-order chi connectivity index (χ0) is 16.0. The van der Waals surface area contributed by atoms with Crippen molar-refractivity contribution >= 4 is 7.60 Å². The lowest BCUT2D eigenvalue weighted by atomic mass is 10.2. The first kappa shape index (κ1) is 16.1. The Labute approximate surface area is 131 Å². The molecule has 0 radical (unpaired) electrons. The topological polar surface area (TPSA) is 39.9 Å². The third-order valence-corrected chi connectivity index (χ3v) is 5.29. The molecule has 0 fully saturated rings. The van der Waals surface area contributed by atoms with Crippen LogP contribution in [0.3, 0.4) is 0 Å². The van der Waals surface area contributed by atoms with Crippen LogP contribution < -0.4 is 9.05 Å². The fraction of sp³-hybridized carbons (Fsp3) is 0.235. The normalized spacial score (nSPS) is 12.5. The van der Waals surface area contributed by atoms with Gasteiger partial charge < -0.3 is 9.05 Å². The molecule has 0 aromatic heterocycles. The lowest BCUT2D eigenvalue weighted by Crippen LogP contribution is -2.19. The number of hydrogen-bond acceptors (Lipinski definition) is 3. The van der Waals surface area contributed by atoms with Crippen molar-refractivity contribution in [1.29, 1.82) is 0 Å². The summed E-state index contributed by atoms with van der Waals surface area (Å²) in [5.41, 5.74) is 0. The predicted molar refractivity (Wildman–Crippen MR) is 87.0 cm³/mol. The molecule has 0 aliphatic carbocycles. The fourth-order valence-electron chi connectivity index (χ4n) is 1.97. The number of nitrogens with zero attached hydrogens (tertiary/aromatic N) is 1. The maximum atomic E-state index is 13.3. The van der Waals surface area contributed by atoms with E-state index >= 15 is 0 Å². The van der Waals surface area contributed by atoms with Crippen LogP contribution in [-0.2, 0) is 4.57 Å². The van der Waals surface area contributed by atoms with Crippen molar-refractivity contribution in [2.45, 2.75) is 19.6 Å². The van der Waals surface area contributed by atoms with Crippen LogP contribution >= 0.6 is 7.60 Å². The van der Waals surface area contributed by atoms with Crippen molar-refractivity contribution in [3.63, 3.8) is 0 Å². The molecule has 0 saturated heterocycles. The summed E-state index contributed by atoms with van der Waals surface area (Å²) >= 11 is 0. The van der Waals surface area contributed by atoms with E-state index in [9.17, 15) is 4.57 Å². The highest BCUT2D eigenvalue weighted by Crippen LogP contribution is 2.55. The molecule has 0 saturated carbocycles. The highest BCUT2D eigenvalue weighted by molar-refractivity contribution is 7.55. The molecule has 0 spiro atoms. The summed E-state index contributed by atoms with van der Waals surface area (Å²) in [6.07, 6.45) is 0. The van der Waals surface area contributed by atoms with Gasteiger partial charge in [0.25, 0.3) is 0 Å². The van der Waals surface area contributed by atoms with Crippen molar-refractivity contribution in [2.24, 2.45) is 5.92 Å². The first-order chi connectivity index (χ1) is 10.5. The third-order valence-electron chi connectivity index (χ3n) is 3.00. The second-order valence-electron chi connectivity index (χ2n) is 5.14. The molecular weight excluding hydrogens is 297 g/mol. The van der Waals surface area contributed by atoms with Gasteiger partial charge in [0.15, 0.2) is 0 Å². The fourth-order valence-corrected chi connectivity index (χ4v) is 3.92. The Kier molecular flexibility index (Phi) is 5.25. The smallest absolute Gasteiger partial charge is 0.411 e. The number of hydrogen-bond donors (Lipinski definition) is 0. The Bertz CT molecular complexity index is 635. The predicted octanol–water partition coefficient (Wildman–Crippen LogP) is 5.24. The van der Waals surface area contributed by atoms with Gasteiger partial charge in [-0.15, -0.1) is 0 Å². The Morgan fingerprint density at radius 1 is 0.909 bits per heavy atom. The van der Waals surface area contributed by atoms with Crippen LogP contribution in [0, 0.1) is 12.5 Å². The summed E-state index contributed by atoms with van der Waals surface area (Å²) in [7, 11) is -3.68. The molecule has 5 heteroatoms. The van der Waals surface area contributed by atoms with E-state index in [4.69, 9.17) is 15.6 Å². The van der Waals surface area contributed by atoms with Crippen LogP contribution in [-0.4, -0.2) is 5.78 Å². The molecule has 0 N–H and O–H groups in total. The molecule has 1 atom stereocenters. The molecule has 0 bridgehead atoms. The van der Waals surface area contributed by atoms with Crippen molar-refractivity contribution in [2.75, 3.05) is 0 Å². The second kappa shape index (κ2) is 7.15. The first-order valence-electron chi connectivity index (χ1n) is 7.01. The van der Waals surface area contributed by atoms with Crippen molar-refractivity contribution in [3.8, 4) is 11.5 Å². The van der Waals surface area contributed by atoms with E-state index in [1.807, 2.05) is 26.0 Å². The minimum Gasteiger partial charge on any atom is -0.411 e. The molecule has 1 unspecified atom stereocenters. The zero-order valence-electron chi connectivity index (χ0n) is 12.5. The molecule has 2 aromatic carbocycles. The average Bonchev–Trinajstić information content (AvgIpc) is 2.49. The molecule has 0 aliphatic heterocycles. The number of rotatable bonds is 6. The summed E-state index contributed by atoms with van der Waals surface area (Å²) in [6, 6.07) is 17.6. The standard InChI is InChI=1S/C17H18NO3P/c1-14(2)17(18-3)22(19,20-15-10-6-4-7-11-15)21-16-12-8-5-9-13-16/h4-14,17H,1-2H3. The average molecular weight is 315 g/mol. The van der Waals surface area contributed by atoms with Gasteiger partial charge in [0.1, 0.15) is 11.5 Å². The zero-order valence-corrected chi connectivity index (χ0v) is 13.4. The maximum Gasteiger partial charge on any atom is 0.513 e. The molecule has 2 rings (SSSR count). The van der Waals surface area contributed by atoms with E-state index < -0.39 is 13.4 Å². The molecule has 2 aromatic rings. The number of benzene rings is 2. The van der Waals surface area contributed by atoms with E-state index in [-0.39, 0.29) is 5.92 Å². The third kappa shape index (κ3) is 3.90. The lowest BCUT2D eigenvalue weighted by Gasteiger charge is -2.22. The maximum absolute atomic E-state index is 13.3. The van der Waals surface area contributed by atoms with Crippen LogP contribution in [0.2, 0.25) is 0 Å². The molecule has 0 heterocycles. The van der Waals surface area contributed by atoms with E-state index in [1.54, 1.807) is 48.5 Å². The summed E-state index contributed by atoms with van der Waals surface area (Å²) in [4.78, 5) is 3.49. The van der Waals surface area contributed by atoms with Crippen LogP contribution in [0.4, 0.5) is 0 Å². The highest BCUT2D eigenvalue weighted by Gasteiger charge is 2.47. The van der Waals surface area contributed by atoms with Gasteiger partial charge in [-0.1, -0.05) is 50.2 Å². The molecule has 114 valence electrons. The molecular formula is C17H18NO3P. The monoisotopic (exact) mass is 315 g/mol.